The van der Waals surface area contributed by atoms with E-state index in [1.54, 1.807) is 43.6 Å². The minimum Gasteiger partial charge on any atom is -0.379 e. The fourth-order valence-electron chi connectivity index (χ4n) is 3.47. The molecule has 1 aromatic carbocycles. The monoisotopic (exact) mass is 439 g/mol. The predicted molar refractivity (Wildman–Crippen MR) is 118 cm³/mol. The lowest BCUT2D eigenvalue weighted by atomic mass is 10.0. The summed E-state index contributed by atoms with van der Waals surface area (Å²) in [7, 11) is 0. The van der Waals surface area contributed by atoms with E-state index < -0.39 is 23.6 Å². The van der Waals surface area contributed by atoms with Crippen LogP contribution in [0.3, 0.4) is 0 Å². The van der Waals surface area contributed by atoms with Crippen molar-refractivity contribution in [3.05, 3.63) is 65.5 Å². The molecule has 2 aromatic rings. The van der Waals surface area contributed by atoms with E-state index in [1.807, 2.05) is 12.1 Å². The molecule has 8 nitrogen and oxygen atoms in total. The molecule has 1 unspecified atom stereocenters. The lowest BCUT2D eigenvalue weighted by molar-refractivity contribution is -0.139. The van der Waals surface area contributed by atoms with Gasteiger partial charge < -0.3 is 20.1 Å². The second-order valence-corrected chi connectivity index (χ2v) is 7.69. The van der Waals surface area contributed by atoms with Crippen molar-refractivity contribution in [2.24, 2.45) is 0 Å². The van der Waals surface area contributed by atoms with Crippen molar-refractivity contribution in [3.63, 3.8) is 0 Å². The zero-order chi connectivity index (χ0) is 22.8. The van der Waals surface area contributed by atoms with Crippen LogP contribution in [-0.2, 0) is 25.7 Å². The van der Waals surface area contributed by atoms with Gasteiger partial charge in [0.25, 0.3) is 11.8 Å². The summed E-state index contributed by atoms with van der Waals surface area (Å²) in [6.07, 6.45) is 4.97. The predicted octanol–water partition coefficient (Wildman–Crippen LogP) is 2.34. The summed E-state index contributed by atoms with van der Waals surface area (Å²) in [5.41, 5.74) is 1.92. The molecule has 1 aliphatic heterocycles. The van der Waals surface area contributed by atoms with Crippen LogP contribution in [0, 0.1) is 0 Å². The summed E-state index contributed by atoms with van der Waals surface area (Å²) in [5, 5.41) is 5.47. The molecule has 8 heteroatoms. The lowest BCUT2D eigenvalue weighted by Crippen LogP contribution is -2.48. The van der Waals surface area contributed by atoms with Gasteiger partial charge in [-0.05, 0) is 49.4 Å². The zero-order valence-electron chi connectivity index (χ0n) is 18.2. The first-order valence-electron chi connectivity index (χ1n) is 10.8. The molecule has 2 heterocycles. The molecule has 0 saturated carbocycles. The first kappa shape index (κ1) is 23.6. The van der Waals surface area contributed by atoms with Gasteiger partial charge in [0.05, 0.1) is 31.9 Å². The first-order valence-corrected chi connectivity index (χ1v) is 10.8. The van der Waals surface area contributed by atoms with E-state index in [4.69, 9.17) is 9.47 Å². The molecule has 2 amide bonds. The van der Waals surface area contributed by atoms with Crippen LogP contribution in [0.25, 0.3) is 0 Å². The van der Waals surface area contributed by atoms with Gasteiger partial charge in [-0.1, -0.05) is 24.3 Å². The van der Waals surface area contributed by atoms with Gasteiger partial charge >= 0.3 is 0 Å². The normalized spacial score (nSPS) is 19.0. The summed E-state index contributed by atoms with van der Waals surface area (Å²) in [4.78, 5) is 42.7. The number of Topliss-reactive ketones (excluding diaryl/α,β-unsaturated/α-hetero) is 1. The van der Waals surface area contributed by atoms with Crippen LogP contribution in [0.15, 0.2) is 48.8 Å². The third-order valence-electron chi connectivity index (χ3n) is 5.30. The van der Waals surface area contributed by atoms with Crippen LogP contribution in [0.1, 0.15) is 53.7 Å². The molecule has 32 heavy (non-hydrogen) atoms. The molecule has 0 aliphatic carbocycles. The highest BCUT2D eigenvalue weighted by Gasteiger charge is 2.28. The van der Waals surface area contributed by atoms with Crippen molar-refractivity contribution in [1.29, 1.82) is 0 Å². The maximum Gasteiger partial charge on any atom is 0.290 e. The molecule has 0 saturated heterocycles. The molecular weight excluding hydrogens is 410 g/mol. The van der Waals surface area contributed by atoms with Gasteiger partial charge in [0.2, 0.25) is 5.78 Å². The number of pyridine rings is 1. The first-order chi connectivity index (χ1) is 15.6. The van der Waals surface area contributed by atoms with Gasteiger partial charge in [-0.25, -0.2) is 0 Å². The number of benzene rings is 1. The molecule has 0 spiro atoms. The summed E-state index contributed by atoms with van der Waals surface area (Å²) >= 11 is 0. The van der Waals surface area contributed by atoms with Crippen LogP contribution in [0.5, 0.6) is 0 Å². The van der Waals surface area contributed by atoms with Gasteiger partial charge in [-0.2, -0.15) is 0 Å². The highest BCUT2D eigenvalue weighted by molar-refractivity contribution is 6.38. The Bertz CT molecular complexity index is 919. The maximum absolute atomic E-state index is 13.0. The number of hydrogen-bond acceptors (Lipinski definition) is 6. The van der Waals surface area contributed by atoms with Crippen molar-refractivity contribution in [2.75, 3.05) is 19.8 Å². The number of hydrogen-bond donors (Lipinski definition) is 2. The quantitative estimate of drug-likeness (QED) is 0.709. The van der Waals surface area contributed by atoms with Crippen molar-refractivity contribution >= 4 is 17.6 Å². The number of nitrogens with zero attached hydrogens (tertiary/aromatic N) is 1. The van der Waals surface area contributed by atoms with E-state index in [0.29, 0.717) is 50.2 Å². The van der Waals surface area contributed by atoms with Crippen LogP contribution in [0.4, 0.5) is 0 Å². The molecule has 2 atom stereocenters. The van der Waals surface area contributed by atoms with Gasteiger partial charge in [0.15, 0.2) is 0 Å². The largest absolute Gasteiger partial charge is 0.379 e. The molecule has 0 bridgehead atoms. The maximum atomic E-state index is 13.0. The Morgan fingerprint density at radius 2 is 1.91 bits per heavy atom. The van der Waals surface area contributed by atoms with Gasteiger partial charge in [0, 0.05) is 24.6 Å². The lowest BCUT2D eigenvalue weighted by Gasteiger charge is -2.20. The topological polar surface area (TPSA) is 107 Å². The second-order valence-electron chi connectivity index (χ2n) is 7.69. The number of ether oxygens (including phenoxy) is 2. The Balaban J connectivity index is 1.73. The number of aromatic nitrogens is 1. The standard InChI is InChI=1S/C24H29N3O5/c1-17(18-8-6-11-25-15-18)26-24(30)22(28)21-10-4-5-12-31-13-14-32-16-19-7-2-3-9-20(19)23(29)27-21/h2-3,6-9,11,15,17,21H,4-5,10,12-14,16H2,1H3,(H,26,30)(H,27,29)/t17-,21?/m0/s1. The Hall–Kier alpha value is -3.10. The fraction of sp³-hybridized carbons (Fsp3) is 0.417. The number of amides is 2. The van der Waals surface area contributed by atoms with Crippen molar-refractivity contribution < 1.29 is 23.9 Å². The summed E-state index contributed by atoms with van der Waals surface area (Å²) < 4.78 is 11.2. The summed E-state index contributed by atoms with van der Waals surface area (Å²) in [6, 6.07) is 9.34. The van der Waals surface area contributed by atoms with E-state index in [2.05, 4.69) is 15.6 Å². The SMILES string of the molecule is C[C@H](NC(=O)C(=O)C1CCCCOCCOCc2ccccc2C(=O)N1)c1cccnc1. The highest BCUT2D eigenvalue weighted by atomic mass is 16.5. The van der Waals surface area contributed by atoms with Gasteiger partial charge in [0.1, 0.15) is 0 Å². The van der Waals surface area contributed by atoms with Crippen LogP contribution in [0.2, 0.25) is 0 Å². The smallest absolute Gasteiger partial charge is 0.290 e. The third-order valence-corrected chi connectivity index (χ3v) is 5.30. The number of rotatable bonds is 4. The Morgan fingerprint density at radius 1 is 1.09 bits per heavy atom. The van der Waals surface area contributed by atoms with Gasteiger partial charge in [-0.15, -0.1) is 0 Å². The van der Waals surface area contributed by atoms with E-state index in [-0.39, 0.29) is 12.6 Å². The van der Waals surface area contributed by atoms with Gasteiger partial charge in [-0.3, -0.25) is 19.4 Å². The Kier molecular flexibility index (Phi) is 8.89. The average Bonchev–Trinajstić information content (AvgIpc) is 2.82. The number of carbonyl (C=O) groups excluding carboxylic acids is 3. The molecule has 170 valence electrons. The molecule has 2 N–H and O–H groups in total. The van der Waals surface area contributed by atoms with E-state index in [1.165, 1.54) is 0 Å². The fourth-order valence-corrected chi connectivity index (χ4v) is 3.47. The third kappa shape index (κ3) is 6.70. The molecule has 0 radical (unpaired) electrons. The van der Waals surface area contributed by atoms with E-state index in [0.717, 1.165) is 5.56 Å². The zero-order valence-corrected chi connectivity index (χ0v) is 18.2. The summed E-state index contributed by atoms with van der Waals surface area (Å²) in [6.45, 7) is 3.47. The second kappa shape index (κ2) is 12.1. The molecule has 0 fully saturated rings. The molecule has 1 aliphatic rings. The van der Waals surface area contributed by atoms with Crippen LogP contribution in [-0.4, -0.2) is 48.4 Å². The number of carbonyl (C=O) groups is 3. The number of fused-ring (bicyclic) bond motifs is 1. The number of nitrogens with one attached hydrogen (secondary N) is 2. The average molecular weight is 440 g/mol. The van der Waals surface area contributed by atoms with Crippen molar-refractivity contribution in [3.8, 4) is 0 Å². The molecular formula is C24H29N3O5. The number of ketones is 1. The van der Waals surface area contributed by atoms with Crippen molar-refractivity contribution in [1.82, 2.24) is 15.6 Å². The highest BCUT2D eigenvalue weighted by Crippen LogP contribution is 2.14. The van der Waals surface area contributed by atoms with E-state index >= 15 is 0 Å². The Morgan fingerprint density at radius 3 is 2.72 bits per heavy atom. The Labute approximate surface area is 187 Å². The summed E-state index contributed by atoms with van der Waals surface area (Å²) in [5.74, 6) is -1.81. The minimum absolute atomic E-state index is 0.259. The minimum atomic E-state index is -0.930. The van der Waals surface area contributed by atoms with Crippen LogP contribution < -0.4 is 10.6 Å². The van der Waals surface area contributed by atoms with Crippen molar-refractivity contribution in [2.45, 2.75) is 44.9 Å². The molecule has 1 aromatic heterocycles. The molecule has 3 rings (SSSR count). The van der Waals surface area contributed by atoms with Crippen LogP contribution >= 0.6 is 0 Å². The van der Waals surface area contributed by atoms with E-state index in [9.17, 15) is 14.4 Å².